The first-order valence-corrected chi connectivity index (χ1v) is 7.36. The van der Waals surface area contributed by atoms with Crippen LogP contribution in [-0.4, -0.2) is 60.4 Å². The molecule has 0 amide bonds. The van der Waals surface area contributed by atoms with E-state index in [1.54, 1.807) is 14.2 Å². The highest BCUT2D eigenvalue weighted by Crippen LogP contribution is 2.19. The Hall–Kier alpha value is -1.37. The smallest absolute Gasteiger partial charge is 0.215 e. The number of fused-ring (bicyclic) bond motifs is 1. The maximum absolute atomic E-state index is 6.00. The summed E-state index contributed by atoms with van der Waals surface area (Å²) >= 11 is 6.00. The second-order valence-electron chi connectivity index (χ2n) is 4.81. The first kappa shape index (κ1) is 16.0. The van der Waals surface area contributed by atoms with Gasteiger partial charge in [0, 0.05) is 32.8 Å². The molecule has 0 bridgehead atoms. The monoisotopic (exact) mass is 312 g/mol. The number of rotatable bonds is 8. The highest BCUT2D eigenvalue weighted by atomic mass is 35.5. The number of alkyl halides is 1. The number of methoxy groups -OCH3 is 2. The van der Waals surface area contributed by atoms with Crippen LogP contribution in [0.1, 0.15) is 5.82 Å². The Kier molecular flexibility index (Phi) is 5.78. The SMILES string of the molecule is COCCN(C)CCn1c(CCl)nc2ccc(OC)nc21. The quantitative estimate of drug-likeness (QED) is 0.695. The van der Waals surface area contributed by atoms with Crippen LogP contribution in [0.3, 0.4) is 0 Å². The number of pyridine rings is 1. The molecule has 0 radical (unpaired) electrons. The number of ether oxygens (including phenoxy) is 2. The normalized spacial score (nSPS) is 11.5. The average Bonchev–Trinajstić information content (AvgIpc) is 2.87. The van der Waals surface area contributed by atoms with Gasteiger partial charge in [0.25, 0.3) is 0 Å². The van der Waals surface area contributed by atoms with E-state index in [9.17, 15) is 0 Å². The first-order valence-electron chi connectivity index (χ1n) is 6.83. The van der Waals surface area contributed by atoms with Crippen molar-refractivity contribution in [3.05, 3.63) is 18.0 Å². The molecule has 0 N–H and O–H groups in total. The summed E-state index contributed by atoms with van der Waals surface area (Å²) in [5, 5.41) is 0. The third-order valence-corrected chi connectivity index (χ3v) is 3.60. The van der Waals surface area contributed by atoms with Crippen LogP contribution in [0.15, 0.2) is 12.1 Å². The van der Waals surface area contributed by atoms with Crippen LogP contribution in [-0.2, 0) is 17.2 Å². The number of aromatic nitrogens is 3. The summed E-state index contributed by atoms with van der Waals surface area (Å²) < 4.78 is 12.3. The molecule has 6 nitrogen and oxygen atoms in total. The van der Waals surface area contributed by atoms with Crippen LogP contribution < -0.4 is 4.74 Å². The molecule has 0 aliphatic carbocycles. The van der Waals surface area contributed by atoms with Gasteiger partial charge in [0.15, 0.2) is 5.65 Å². The lowest BCUT2D eigenvalue weighted by atomic mass is 10.4. The van der Waals surface area contributed by atoms with Crippen LogP contribution in [0.2, 0.25) is 0 Å². The molecule has 0 aliphatic rings. The summed E-state index contributed by atoms with van der Waals surface area (Å²) in [5.74, 6) is 1.77. The molecular formula is C14H21ClN4O2. The fourth-order valence-electron chi connectivity index (χ4n) is 2.11. The van der Waals surface area contributed by atoms with Gasteiger partial charge in [-0.15, -0.1) is 11.6 Å². The van der Waals surface area contributed by atoms with E-state index in [4.69, 9.17) is 21.1 Å². The number of hydrogen-bond acceptors (Lipinski definition) is 5. The Bertz CT molecular complexity index is 588. The largest absolute Gasteiger partial charge is 0.481 e. The summed E-state index contributed by atoms with van der Waals surface area (Å²) in [6.45, 7) is 3.25. The fourth-order valence-corrected chi connectivity index (χ4v) is 2.32. The standard InChI is InChI=1S/C14H21ClN4O2/c1-18(8-9-20-2)6-7-19-12(10-15)16-11-4-5-13(21-3)17-14(11)19/h4-5H,6-10H2,1-3H3. The highest BCUT2D eigenvalue weighted by molar-refractivity contribution is 6.16. The zero-order valence-corrected chi connectivity index (χ0v) is 13.4. The van der Waals surface area contributed by atoms with Crippen LogP contribution in [0.5, 0.6) is 5.88 Å². The number of imidazole rings is 1. The third-order valence-electron chi connectivity index (χ3n) is 3.36. The molecule has 7 heteroatoms. The van der Waals surface area contributed by atoms with Gasteiger partial charge in [-0.1, -0.05) is 0 Å². The van der Waals surface area contributed by atoms with Gasteiger partial charge in [-0.05, 0) is 13.1 Å². The first-order chi connectivity index (χ1) is 10.2. The number of hydrogen-bond donors (Lipinski definition) is 0. The topological polar surface area (TPSA) is 52.4 Å². The van der Waals surface area contributed by atoms with Gasteiger partial charge in [0.2, 0.25) is 5.88 Å². The molecule has 116 valence electrons. The summed E-state index contributed by atoms with van der Waals surface area (Å²) in [6, 6.07) is 3.71. The molecule has 0 fully saturated rings. The molecule has 0 saturated heterocycles. The second-order valence-corrected chi connectivity index (χ2v) is 5.07. The minimum Gasteiger partial charge on any atom is -0.481 e. The van der Waals surface area contributed by atoms with Crippen LogP contribution >= 0.6 is 11.6 Å². The maximum Gasteiger partial charge on any atom is 0.215 e. The molecule has 0 atom stereocenters. The van der Waals surface area contributed by atoms with E-state index < -0.39 is 0 Å². The molecule has 0 unspecified atom stereocenters. The van der Waals surface area contributed by atoms with Gasteiger partial charge in [-0.25, -0.2) is 4.98 Å². The Morgan fingerprint density at radius 1 is 1.24 bits per heavy atom. The van der Waals surface area contributed by atoms with E-state index in [2.05, 4.69) is 21.9 Å². The van der Waals surface area contributed by atoms with Crippen molar-refractivity contribution < 1.29 is 9.47 Å². The lowest BCUT2D eigenvalue weighted by Crippen LogP contribution is -2.27. The van der Waals surface area contributed by atoms with Crippen molar-refractivity contribution in [2.75, 3.05) is 41.0 Å². The molecule has 21 heavy (non-hydrogen) atoms. The van der Waals surface area contributed by atoms with E-state index in [0.29, 0.717) is 11.8 Å². The van der Waals surface area contributed by atoms with Crippen molar-refractivity contribution in [3.63, 3.8) is 0 Å². The number of likely N-dealkylation sites (N-methyl/N-ethyl adjacent to an activating group) is 1. The van der Waals surface area contributed by atoms with Gasteiger partial charge >= 0.3 is 0 Å². The summed E-state index contributed by atoms with van der Waals surface area (Å²) in [7, 11) is 5.38. The fraction of sp³-hybridized carbons (Fsp3) is 0.571. The molecule has 2 aromatic heterocycles. The lowest BCUT2D eigenvalue weighted by molar-refractivity contribution is 0.159. The summed E-state index contributed by atoms with van der Waals surface area (Å²) in [6.07, 6.45) is 0. The number of halogens is 1. The van der Waals surface area contributed by atoms with Crippen molar-refractivity contribution in [2.24, 2.45) is 0 Å². The molecule has 0 aromatic carbocycles. The van der Waals surface area contributed by atoms with Crippen LogP contribution in [0.4, 0.5) is 0 Å². The van der Waals surface area contributed by atoms with E-state index in [-0.39, 0.29) is 0 Å². The molecule has 2 aromatic rings. The predicted molar refractivity (Wildman–Crippen MR) is 83.0 cm³/mol. The minimum absolute atomic E-state index is 0.362. The van der Waals surface area contributed by atoms with Crippen molar-refractivity contribution in [1.82, 2.24) is 19.4 Å². The van der Waals surface area contributed by atoms with Crippen molar-refractivity contribution in [1.29, 1.82) is 0 Å². The van der Waals surface area contributed by atoms with Gasteiger partial charge in [-0.2, -0.15) is 4.98 Å². The Balaban J connectivity index is 2.20. The molecular weight excluding hydrogens is 292 g/mol. The molecule has 2 heterocycles. The highest BCUT2D eigenvalue weighted by Gasteiger charge is 2.12. The van der Waals surface area contributed by atoms with Gasteiger partial charge in [0.05, 0.1) is 19.6 Å². The van der Waals surface area contributed by atoms with E-state index in [0.717, 1.165) is 43.2 Å². The second kappa shape index (κ2) is 7.59. The number of nitrogens with zero attached hydrogens (tertiary/aromatic N) is 4. The zero-order valence-electron chi connectivity index (χ0n) is 12.7. The molecule has 0 spiro atoms. The Morgan fingerprint density at radius 2 is 2.05 bits per heavy atom. The van der Waals surface area contributed by atoms with Crippen molar-refractivity contribution >= 4 is 22.8 Å². The van der Waals surface area contributed by atoms with Crippen molar-refractivity contribution in [3.8, 4) is 5.88 Å². The van der Waals surface area contributed by atoms with Crippen LogP contribution in [0.25, 0.3) is 11.2 Å². The van der Waals surface area contributed by atoms with Gasteiger partial charge < -0.3 is 18.9 Å². The lowest BCUT2D eigenvalue weighted by Gasteiger charge is -2.17. The van der Waals surface area contributed by atoms with E-state index in [1.165, 1.54) is 0 Å². The average molecular weight is 313 g/mol. The molecule has 0 saturated carbocycles. The molecule has 0 aliphatic heterocycles. The Morgan fingerprint density at radius 3 is 2.71 bits per heavy atom. The third kappa shape index (κ3) is 3.84. The maximum atomic E-state index is 6.00. The van der Waals surface area contributed by atoms with Crippen LogP contribution in [0, 0.1) is 0 Å². The van der Waals surface area contributed by atoms with Gasteiger partial charge in [0.1, 0.15) is 11.3 Å². The Labute approximate surface area is 129 Å². The zero-order chi connectivity index (χ0) is 15.2. The molecule has 2 rings (SSSR count). The minimum atomic E-state index is 0.362. The van der Waals surface area contributed by atoms with Gasteiger partial charge in [-0.3, -0.25) is 0 Å². The van der Waals surface area contributed by atoms with E-state index >= 15 is 0 Å². The summed E-state index contributed by atoms with van der Waals surface area (Å²) in [5.41, 5.74) is 1.65. The predicted octanol–water partition coefficient (Wildman–Crippen LogP) is 1.76. The van der Waals surface area contributed by atoms with Crippen molar-refractivity contribution in [2.45, 2.75) is 12.4 Å². The summed E-state index contributed by atoms with van der Waals surface area (Å²) in [4.78, 5) is 11.2. The van der Waals surface area contributed by atoms with E-state index in [1.807, 2.05) is 16.7 Å².